The summed E-state index contributed by atoms with van der Waals surface area (Å²) in [6.45, 7) is 0. The molecule has 0 unspecified atom stereocenters. The molecule has 1 aliphatic carbocycles. The minimum atomic E-state index is -0.431. The summed E-state index contributed by atoms with van der Waals surface area (Å²) in [7, 11) is 0. The van der Waals surface area contributed by atoms with Gasteiger partial charge in [0.1, 0.15) is 0 Å². The first-order valence-corrected chi connectivity index (χ1v) is 21.2. The second-order valence-corrected chi connectivity index (χ2v) is 16.6. The van der Waals surface area contributed by atoms with E-state index in [0.29, 0.717) is 0 Å². The number of hydrogen-bond acceptors (Lipinski definition) is 2. The van der Waals surface area contributed by atoms with Crippen molar-refractivity contribution in [2.45, 2.75) is 5.41 Å². The lowest BCUT2D eigenvalue weighted by Gasteiger charge is -2.34. The van der Waals surface area contributed by atoms with Gasteiger partial charge in [0.2, 0.25) is 0 Å². The first kappa shape index (κ1) is 33.8. The Kier molecular flexibility index (Phi) is 7.69. The highest BCUT2D eigenvalue weighted by atomic mass is 32.1. The molecule has 0 fully saturated rings. The molecule has 0 radical (unpaired) electrons. The maximum atomic E-state index is 2.37. The molecule has 2 heteroatoms. The molecule has 0 N–H and O–H groups in total. The Morgan fingerprint density at radius 2 is 0.831 bits per heavy atom. The van der Waals surface area contributed by atoms with Crippen molar-refractivity contribution in [3.63, 3.8) is 0 Å². The van der Waals surface area contributed by atoms with E-state index in [4.69, 9.17) is 0 Å². The quantitative estimate of drug-likeness (QED) is 0.152. The summed E-state index contributed by atoms with van der Waals surface area (Å²) in [4.78, 5) is 2.37. The summed E-state index contributed by atoms with van der Waals surface area (Å²) < 4.78 is 2.68. The number of thiophene rings is 1. The summed E-state index contributed by atoms with van der Waals surface area (Å²) in [5.41, 5.74) is 13.2. The van der Waals surface area contributed by atoms with Gasteiger partial charge in [0.15, 0.2) is 0 Å². The van der Waals surface area contributed by atoms with Crippen LogP contribution in [0.3, 0.4) is 0 Å². The van der Waals surface area contributed by atoms with Gasteiger partial charge >= 0.3 is 0 Å². The molecule has 59 heavy (non-hydrogen) atoms. The zero-order valence-corrected chi connectivity index (χ0v) is 33.0. The first-order chi connectivity index (χ1) is 29.3. The van der Waals surface area contributed by atoms with Crippen molar-refractivity contribution < 1.29 is 0 Å². The van der Waals surface area contributed by atoms with Gasteiger partial charge in [-0.25, -0.2) is 0 Å². The highest BCUT2D eigenvalue weighted by molar-refractivity contribution is 7.27. The molecule has 1 aliphatic rings. The molecule has 1 nitrogen and oxygen atoms in total. The predicted octanol–water partition coefficient (Wildman–Crippen LogP) is 15.9. The molecule has 0 spiro atoms. The van der Waals surface area contributed by atoms with Gasteiger partial charge in [0, 0.05) is 42.6 Å². The van der Waals surface area contributed by atoms with E-state index in [-0.39, 0.29) is 0 Å². The van der Waals surface area contributed by atoms with Gasteiger partial charge in [-0.2, -0.15) is 0 Å². The molecule has 1 aromatic heterocycles. The van der Waals surface area contributed by atoms with E-state index in [1.54, 1.807) is 0 Å². The number of para-hydroxylation sites is 1. The molecule has 0 bridgehead atoms. The minimum absolute atomic E-state index is 0.431. The Morgan fingerprint density at radius 3 is 1.56 bits per heavy atom. The molecule has 11 aromatic rings. The summed E-state index contributed by atoms with van der Waals surface area (Å²) in [6.07, 6.45) is 0. The smallest absolute Gasteiger partial charge is 0.0713 e. The lowest BCUT2D eigenvalue weighted by molar-refractivity contribution is 0.768. The molecule has 10 aromatic carbocycles. The lowest BCUT2D eigenvalue weighted by Crippen LogP contribution is -2.28. The van der Waals surface area contributed by atoms with E-state index in [0.717, 1.165) is 17.1 Å². The highest BCUT2D eigenvalue weighted by Gasteiger charge is 2.45. The monoisotopic (exact) mass is 767 g/mol. The van der Waals surface area contributed by atoms with Gasteiger partial charge in [0.25, 0.3) is 0 Å². The number of fused-ring (bicyclic) bond motifs is 10. The van der Waals surface area contributed by atoms with Gasteiger partial charge in [-0.3, -0.25) is 0 Å². The topological polar surface area (TPSA) is 3.24 Å². The van der Waals surface area contributed by atoms with Crippen LogP contribution >= 0.6 is 11.3 Å². The third-order valence-electron chi connectivity index (χ3n) is 12.5. The molecule has 0 aliphatic heterocycles. The molecular formula is C57H37NS. The summed E-state index contributed by atoms with van der Waals surface area (Å²) in [5.74, 6) is 0. The van der Waals surface area contributed by atoms with Crippen molar-refractivity contribution in [2.75, 3.05) is 4.90 Å². The van der Waals surface area contributed by atoms with Crippen molar-refractivity contribution in [1.82, 2.24) is 0 Å². The number of benzene rings is 10. The molecule has 1 heterocycles. The van der Waals surface area contributed by atoms with Crippen LogP contribution in [-0.2, 0) is 5.41 Å². The number of rotatable bonds is 6. The Morgan fingerprint density at radius 1 is 0.322 bits per heavy atom. The van der Waals surface area contributed by atoms with Crippen molar-refractivity contribution >= 4 is 70.1 Å². The molecule has 12 rings (SSSR count). The normalized spacial score (nSPS) is 12.9. The predicted molar refractivity (Wildman–Crippen MR) is 252 cm³/mol. The van der Waals surface area contributed by atoms with E-state index in [1.165, 1.54) is 86.2 Å². The van der Waals surface area contributed by atoms with Crippen LogP contribution in [0.25, 0.3) is 64.0 Å². The van der Waals surface area contributed by atoms with Crippen LogP contribution in [0.2, 0.25) is 0 Å². The summed E-state index contributed by atoms with van der Waals surface area (Å²) in [5, 5.41) is 7.87. The fraction of sp³-hybridized carbons (Fsp3) is 0.0175. The number of anilines is 3. The number of hydrogen-bond donors (Lipinski definition) is 0. The second-order valence-electron chi connectivity index (χ2n) is 15.6. The van der Waals surface area contributed by atoms with E-state index in [2.05, 4.69) is 229 Å². The fourth-order valence-corrected chi connectivity index (χ4v) is 11.4. The van der Waals surface area contributed by atoms with E-state index in [9.17, 15) is 0 Å². The van der Waals surface area contributed by atoms with Crippen LogP contribution in [0.4, 0.5) is 17.1 Å². The zero-order chi connectivity index (χ0) is 38.9. The average molecular weight is 768 g/mol. The van der Waals surface area contributed by atoms with Crippen LogP contribution in [0, 0.1) is 0 Å². The van der Waals surface area contributed by atoms with Crippen LogP contribution in [0.15, 0.2) is 224 Å². The molecule has 0 saturated heterocycles. The van der Waals surface area contributed by atoms with Gasteiger partial charge in [-0.15, -0.1) is 11.3 Å². The van der Waals surface area contributed by atoms with Crippen molar-refractivity contribution in [2.24, 2.45) is 0 Å². The molecular weight excluding hydrogens is 731 g/mol. The Hall–Kier alpha value is -7.26. The van der Waals surface area contributed by atoms with Crippen molar-refractivity contribution in [1.29, 1.82) is 0 Å². The van der Waals surface area contributed by atoms with Crippen LogP contribution in [0.1, 0.15) is 22.3 Å². The highest BCUT2D eigenvalue weighted by Crippen LogP contribution is 2.56. The van der Waals surface area contributed by atoms with Crippen LogP contribution < -0.4 is 4.90 Å². The zero-order valence-electron chi connectivity index (χ0n) is 32.2. The Bertz CT molecular complexity index is 3320. The van der Waals surface area contributed by atoms with Crippen LogP contribution in [0.5, 0.6) is 0 Å². The third kappa shape index (κ3) is 5.10. The van der Waals surface area contributed by atoms with Crippen molar-refractivity contribution in [3.05, 3.63) is 247 Å². The molecule has 0 saturated carbocycles. The molecule has 0 amide bonds. The average Bonchev–Trinajstić information content (AvgIpc) is 3.85. The van der Waals surface area contributed by atoms with Gasteiger partial charge in [-0.1, -0.05) is 188 Å². The SMILES string of the molecule is c1ccc(N(c2ccc(-c3cccc4c3sc3c4ccc4ccc5ccccc5c43)cc2)c2ccc(C3(c4ccccc4)c4ccccc4-c4ccccc43)cc2)cc1. The third-order valence-corrected chi connectivity index (χ3v) is 13.8. The van der Waals surface area contributed by atoms with E-state index in [1.807, 2.05) is 11.3 Å². The van der Waals surface area contributed by atoms with Gasteiger partial charge in [0.05, 0.1) is 5.41 Å². The van der Waals surface area contributed by atoms with Crippen molar-refractivity contribution in [3.8, 4) is 22.3 Å². The minimum Gasteiger partial charge on any atom is -0.311 e. The maximum Gasteiger partial charge on any atom is 0.0713 e. The van der Waals surface area contributed by atoms with Crippen LogP contribution in [-0.4, -0.2) is 0 Å². The number of nitrogens with zero attached hydrogens (tertiary/aromatic N) is 1. The van der Waals surface area contributed by atoms with E-state index < -0.39 is 5.41 Å². The fourth-order valence-electron chi connectivity index (χ4n) is 9.96. The first-order valence-electron chi connectivity index (χ1n) is 20.3. The maximum absolute atomic E-state index is 2.37. The Balaban J connectivity index is 0.972. The van der Waals surface area contributed by atoms with Gasteiger partial charge < -0.3 is 4.90 Å². The lowest BCUT2D eigenvalue weighted by atomic mass is 9.68. The molecule has 0 atom stereocenters. The largest absolute Gasteiger partial charge is 0.311 e. The Labute approximate surface area is 347 Å². The van der Waals surface area contributed by atoms with E-state index >= 15 is 0 Å². The standard InChI is InChI=1S/C57H37NS/c1-3-15-41(16-4-1)57(52-24-11-9-20-48(52)49-21-10-12-25-53(49)57)42-31-35-45(36-32-42)58(43-17-5-2-6-18-43)44-33-28-39(29-34-44)47-22-13-23-50-51-37-30-40-27-26-38-14-7-8-19-46(38)54(40)56(51)59-55(47)50/h1-37H. The summed E-state index contributed by atoms with van der Waals surface area (Å²) >= 11 is 1.92. The van der Waals surface area contributed by atoms with Gasteiger partial charge in [-0.05, 0) is 97.1 Å². The molecule has 276 valence electrons. The summed E-state index contributed by atoms with van der Waals surface area (Å²) in [6, 6.07) is 82.7. The second kappa shape index (κ2) is 13.4.